The summed E-state index contributed by atoms with van der Waals surface area (Å²) >= 11 is 0. The predicted molar refractivity (Wildman–Crippen MR) is 107 cm³/mol. The summed E-state index contributed by atoms with van der Waals surface area (Å²) in [6, 6.07) is 0.0912. The minimum Gasteiger partial charge on any atom is -0.390 e. The van der Waals surface area contributed by atoms with E-state index in [1.54, 1.807) is 11.9 Å². The fourth-order valence-electron chi connectivity index (χ4n) is 6.71. The van der Waals surface area contributed by atoms with E-state index in [9.17, 15) is 9.90 Å². The van der Waals surface area contributed by atoms with Crippen molar-refractivity contribution in [2.75, 3.05) is 25.0 Å². The van der Waals surface area contributed by atoms with Crippen molar-refractivity contribution in [2.45, 2.75) is 56.2 Å². The number of hydrogen-bond donors (Lipinski definition) is 2. The lowest BCUT2D eigenvalue weighted by atomic mass is 9.52. The average molecular weight is 401 g/mol. The Hall–Kier alpha value is -1.61. The number of aryl methyl sites for hydroxylation is 1. The van der Waals surface area contributed by atoms with Crippen LogP contribution in [-0.2, 0) is 7.05 Å². The molecule has 2 unspecified atom stereocenters. The van der Waals surface area contributed by atoms with E-state index in [4.69, 9.17) is 7.98 Å². The molecule has 0 aromatic carbocycles. The smallest absolute Gasteiger partial charge is 0.275 e. The average Bonchev–Trinajstić information content (AvgIpc) is 3.19. The highest BCUT2D eigenvalue weighted by Gasteiger charge is 2.55. The molecule has 6 rings (SSSR count). The molecule has 2 N–H and O–H groups in total. The van der Waals surface area contributed by atoms with Crippen LogP contribution in [0, 0.1) is 23.6 Å². The highest BCUT2D eigenvalue weighted by atomic mass is 19.1. The van der Waals surface area contributed by atoms with Crippen LogP contribution in [0.15, 0.2) is 0 Å². The number of aliphatic hydroxyl groups is 1. The Labute approximate surface area is 172 Å². The Kier molecular flexibility index (Phi) is 4.48. The number of nitrogens with one attached hydrogen (secondary N) is 1. The standard InChI is InChI=1S/C20H29BFN5O2/c1-25(14-3-4-27(21)10-14)19-15(22)17(24-26(19)2)18(28)23-16-12-5-11-6-13(16)9-20(29,7-11)8-12/h11-14,16,29H,3-10H2,1-2H3,(H,23,28)/t11?,12?,13?,14-,16?,20?/m0/s1. The lowest BCUT2D eigenvalue weighted by Gasteiger charge is -2.58. The molecule has 2 radical (unpaired) electrons. The molecule has 7 nitrogen and oxygen atoms in total. The molecule has 4 saturated carbocycles. The largest absolute Gasteiger partial charge is 0.390 e. The molecule has 9 heteroatoms. The van der Waals surface area contributed by atoms with Crippen LogP contribution in [0.2, 0.25) is 0 Å². The lowest BCUT2D eigenvalue weighted by Crippen LogP contribution is -2.61. The highest BCUT2D eigenvalue weighted by Crippen LogP contribution is 2.55. The van der Waals surface area contributed by atoms with E-state index in [2.05, 4.69) is 10.4 Å². The maximum Gasteiger partial charge on any atom is 0.275 e. The molecule has 1 saturated heterocycles. The van der Waals surface area contributed by atoms with E-state index in [1.165, 1.54) is 4.68 Å². The van der Waals surface area contributed by atoms with Crippen molar-refractivity contribution < 1.29 is 14.3 Å². The zero-order chi connectivity index (χ0) is 20.5. The van der Waals surface area contributed by atoms with Crippen LogP contribution in [0.25, 0.3) is 0 Å². The highest BCUT2D eigenvalue weighted by molar-refractivity contribution is 6.04. The summed E-state index contributed by atoms with van der Waals surface area (Å²) < 4.78 is 16.7. The molecule has 2 heterocycles. The molecular weight excluding hydrogens is 372 g/mol. The number of carbonyl (C=O) groups excluding carboxylic acids is 1. The van der Waals surface area contributed by atoms with Gasteiger partial charge < -0.3 is 20.1 Å². The van der Waals surface area contributed by atoms with Gasteiger partial charge in [0.25, 0.3) is 5.91 Å². The summed E-state index contributed by atoms with van der Waals surface area (Å²) in [7, 11) is 9.34. The first kappa shape index (κ1) is 19.4. The molecule has 4 aliphatic carbocycles. The third kappa shape index (κ3) is 3.17. The van der Waals surface area contributed by atoms with Crippen LogP contribution < -0.4 is 10.2 Å². The van der Waals surface area contributed by atoms with Crippen LogP contribution in [0.5, 0.6) is 0 Å². The number of amides is 1. The van der Waals surface area contributed by atoms with Crippen molar-refractivity contribution in [1.29, 1.82) is 0 Å². The summed E-state index contributed by atoms with van der Waals surface area (Å²) in [5.41, 5.74) is -0.702. The second-order valence-electron chi connectivity index (χ2n) is 9.85. The van der Waals surface area contributed by atoms with Gasteiger partial charge in [0.15, 0.2) is 25.3 Å². The molecule has 1 amide bonds. The quantitative estimate of drug-likeness (QED) is 0.732. The number of anilines is 1. The van der Waals surface area contributed by atoms with Crippen LogP contribution in [-0.4, -0.2) is 71.4 Å². The van der Waals surface area contributed by atoms with Gasteiger partial charge in [-0.3, -0.25) is 4.79 Å². The Bertz CT molecular complexity index is 816. The molecule has 1 aromatic rings. The second-order valence-corrected chi connectivity index (χ2v) is 9.85. The van der Waals surface area contributed by atoms with Gasteiger partial charge in [0, 0.05) is 32.7 Å². The molecular formula is C20H29BFN5O2. The number of halogens is 1. The number of likely N-dealkylation sites (N-methyl/N-ethyl adjacent to an activating group) is 1. The fourth-order valence-corrected chi connectivity index (χ4v) is 6.71. The summed E-state index contributed by atoms with van der Waals surface area (Å²) in [6.45, 7) is 1.41. The van der Waals surface area contributed by atoms with Gasteiger partial charge in [0.2, 0.25) is 0 Å². The number of hydrogen-bond acceptors (Lipinski definition) is 5. The Morgan fingerprint density at radius 2 is 2.03 bits per heavy atom. The first-order chi connectivity index (χ1) is 13.7. The molecule has 29 heavy (non-hydrogen) atoms. The second kappa shape index (κ2) is 6.70. The molecule has 4 bridgehead atoms. The van der Waals surface area contributed by atoms with E-state index in [1.807, 2.05) is 11.9 Å². The third-order valence-corrected chi connectivity index (χ3v) is 7.79. The first-order valence-electron chi connectivity index (χ1n) is 10.7. The van der Waals surface area contributed by atoms with Gasteiger partial charge in [-0.25, -0.2) is 9.07 Å². The van der Waals surface area contributed by atoms with Gasteiger partial charge in [0.05, 0.1) is 5.60 Å². The van der Waals surface area contributed by atoms with E-state index < -0.39 is 17.3 Å². The SMILES string of the molecule is [B]N1CC[C@H](N(C)c2c(F)c(C(=O)NC3C4CC5CC3CC(O)(C5)C4)nn2C)C1. The Morgan fingerprint density at radius 3 is 2.62 bits per heavy atom. The minimum absolute atomic E-state index is 0.00235. The van der Waals surface area contributed by atoms with Crippen LogP contribution in [0.1, 0.15) is 49.0 Å². The van der Waals surface area contributed by atoms with E-state index in [0.717, 1.165) is 45.1 Å². The fraction of sp³-hybridized carbons (Fsp3) is 0.800. The Balaban J connectivity index is 1.33. The van der Waals surface area contributed by atoms with Crippen LogP contribution in [0.4, 0.5) is 10.2 Å². The maximum atomic E-state index is 15.2. The summed E-state index contributed by atoms with van der Waals surface area (Å²) in [5.74, 6) is 0.400. The van der Waals surface area contributed by atoms with Gasteiger partial charge in [-0.1, -0.05) is 0 Å². The number of rotatable bonds is 4. The number of nitrogens with zero attached hydrogens (tertiary/aromatic N) is 4. The summed E-state index contributed by atoms with van der Waals surface area (Å²) in [5, 5.41) is 18.0. The van der Waals surface area contributed by atoms with Gasteiger partial charge in [-0.15, -0.1) is 0 Å². The zero-order valence-electron chi connectivity index (χ0n) is 17.1. The van der Waals surface area contributed by atoms with Crippen LogP contribution in [0.3, 0.4) is 0 Å². The number of aromatic nitrogens is 2. The molecule has 5 aliphatic rings. The summed E-state index contributed by atoms with van der Waals surface area (Å²) in [6.07, 6.45) is 5.29. The predicted octanol–water partition coefficient (Wildman–Crippen LogP) is 0.823. The topological polar surface area (TPSA) is 73.6 Å². The van der Waals surface area contributed by atoms with Gasteiger partial charge >= 0.3 is 0 Å². The van der Waals surface area contributed by atoms with Crippen LogP contribution >= 0.6 is 0 Å². The van der Waals surface area contributed by atoms with Crippen molar-refractivity contribution in [3.63, 3.8) is 0 Å². The van der Waals surface area contributed by atoms with Crippen molar-refractivity contribution in [1.82, 2.24) is 19.9 Å². The molecule has 1 aliphatic heterocycles. The Morgan fingerprint density at radius 1 is 1.34 bits per heavy atom. The normalized spacial score (nSPS) is 38.6. The lowest BCUT2D eigenvalue weighted by molar-refractivity contribution is -0.137. The van der Waals surface area contributed by atoms with Gasteiger partial charge in [-0.05, 0) is 62.8 Å². The van der Waals surface area contributed by atoms with E-state index >= 15 is 4.39 Å². The minimum atomic E-state index is -0.578. The monoisotopic (exact) mass is 401 g/mol. The van der Waals surface area contributed by atoms with E-state index in [-0.39, 0.29) is 29.6 Å². The first-order valence-corrected chi connectivity index (χ1v) is 10.7. The van der Waals surface area contributed by atoms with Crippen molar-refractivity contribution in [3.05, 3.63) is 11.5 Å². The zero-order valence-corrected chi connectivity index (χ0v) is 17.1. The molecule has 156 valence electrons. The number of carbonyl (C=O) groups is 1. The molecule has 3 atom stereocenters. The molecule has 1 aromatic heterocycles. The summed E-state index contributed by atoms with van der Waals surface area (Å²) in [4.78, 5) is 16.5. The van der Waals surface area contributed by atoms with Gasteiger partial charge in [0.1, 0.15) is 0 Å². The van der Waals surface area contributed by atoms with Gasteiger partial charge in [-0.2, -0.15) is 5.10 Å². The third-order valence-electron chi connectivity index (χ3n) is 7.79. The maximum absolute atomic E-state index is 15.2. The van der Waals surface area contributed by atoms with Crippen molar-refractivity contribution in [2.24, 2.45) is 24.8 Å². The molecule has 0 spiro atoms. The molecule has 5 fully saturated rings. The van der Waals surface area contributed by atoms with Crippen molar-refractivity contribution >= 4 is 19.7 Å². The van der Waals surface area contributed by atoms with Crippen molar-refractivity contribution in [3.8, 4) is 0 Å². The van der Waals surface area contributed by atoms with E-state index in [0.29, 0.717) is 18.3 Å².